The van der Waals surface area contributed by atoms with Crippen molar-refractivity contribution in [3.05, 3.63) is 77.2 Å². The van der Waals surface area contributed by atoms with Gasteiger partial charge in [-0.3, -0.25) is 4.79 Å². The van der Waals surface area contributed by atoms with E-state index in [4.69, 9.17) is 0 Å². The largest absolute Gasteiger partial charge is 0.339 e. The van der Waals surface area contributed by atoms with E-state index < -0.39 is 10.0 Å². The van der Waals surface area contributed by atoms with Crippen LogP contribution in [-0.4, -0.2) is 75.7 Å². The standard InChI is InChI=1S/C22H24N6O3S2/c29-21(18-32-22-23-24-25-28(22)17-20-9-5-2-6-10-20)26-12-14-27(15-13-26)33(30,31)16-11-19-7-3-1-4-8-19/h1-11,16H,12-15,17-18H2. The predicted molar refractivity (Wildman–Crippen MR) is 127 cm³/mol. The molecule has 0 N–H and O–H groups in total. The summed E-state index contributed by atoms with van der Waals surface area (Å²) >= 11 is 1.28. The Hall–Kier alpha value is -3.02. The third-order valence-electron chi connectivity index (χ3n) is 5.18. The van der Waals surface area contributed by atoms with Gasteiger partial charge in [-0.2, -0.15) is 4.31 Å². The van der Waals surface area contributed by atoms with Crippen molar-refractivity contribution in [1.82, 2.24) is 29.4 Å². The van der Waals surface area contributed by atoms with E-state index >= 15 is 0 Å². The Morgan fingerprint density at radius 2 is 1.64 bits per heavy atom. The first kappa shape index (κ1) is 23.1. The summed E-state index contributed by atoms with van der Waals surface area (Å²) in [5.74, 6) is 0.127. The molecule has 0 saturated carbocycles. The molecule has 0 aliphatic carbocycles. The molecule has 0 radical (unpaired) electrons. The number of rotatable bonds is 8. The minimum absolute atomic E-state index is 0.0638. The highest BCUT2D eigenvalue weighted by atomic mass is 32.2. The monoisotopic (exact) mass is 484 g/mol. The predicted octanol–water partition coefficient (Wildman–Crippen LogP) is 1.96. The Kier molecular flexibility index (Phi) is 7.53. The summed E-state index contributed by atoms with van der Waals surface area (Å²) in [5, 5.41) is 13.5. The average Bonchev–Trinajstić information content (AvgIpc) is 3.29. The van der Waals surface area contributed by atoms with Gasteiger partial charge < -0.3 is 4.90 Å². The van der Waals surface area contributed by atoms with Gasteiger partial charge in [0, 0.05) is 31.6 Å². The number of aromatic nitrogens is 4. The van der Waals surface area contributed by atoms with Crippen molar-refractivity contribution in [3.8, 4) is 0 Å². The van der Waals surface area contributed by atoms with Crippen LogP contribution in [0.3, 0.4) is 0 Å². The molecule has 0 bridgehead atoms. The Bertz CT molecular complexity index is 1190. The lowest BCUT2D eigenvalue weighted by molar-refractivity contribution is -0.129. The fourth-order valence-corrected chi connectivity index (χ4v) is 5.33. The molecule has 1 aliphatic heterocycles. The van der Waals surface area contributed by atoms with Crippen LogP contribution in [0.5, 0.6) is 0 Å². The SMILES string of the molecule is O=C(CSc1nnnn1Cc1ccccc1)N1CCN(S(=O)(=O)C=Cc2ccccc2)CC1. The molecule has 9 nitrogen and oxygen atoms in total. The van der Waals surface area contributed by atoms with Crippen LogP contribution in [0.15, 0.2) is 71.2 Å². The van der Waals surface area contributed by atoms with Crippen LogP contribution < -0.4 is 0 Å². The van der Waals surface area contributed by atoms with Gasteiger partial charge in [-0.05, 0) is 27.6 Å². The Labute approximate surface area is 197 Å². The molecular formula is C22H24N6O3S2. The van der Waals surface area contributed by atoms with Crippen LogP contribution in [0.4, 0.5) is 0 Å². The van der Waals surface area contributed by atoms with Gasteiger partial charge in [0.05, 0.1) is 12.3 Å². The van der Waals surface area contributed by atoms with Crippen molar-refractivity contribution in [2.24, 2.45) is 0 Å². The van der Waals surface area contributed by atoms with E-state index in [2.05, 4.69) is 15.5 Å². The lowest BCUT2D eigenvalue weighted by Gasteiger charge is -2.33. The third kappa shape index (κ3) is 6.28. The van der Waals surface area contributed by atoms with Gasteiger partial charge >= 0.3 is 0 Å². The van der Waals surface area contributed by atoms with Crippen LogP contribution >= 0.6 is 11.8 Å². The summed E-state index contributed by atoms with van der Waals surface area (Å²) in [6.45, 7) is 1.77. The zero-order chi connectivity index (χ0) is 23.1. The maximum Gasteiger partial charge on any atom is 0.236 e. The van der Waals surface area contributed by atoms with E-state index in [1.165, 1.54) is 21.5 Å². The maximum atomic E-state index is 12.7. The first-order valence-corrected chi connectivity index (χ1v) is 12.9. The molecule has 0 unspecified atom stereocenters. The van der Waals surface area contributed by atoms with E-state index in [0.717, 1.165) is 11.1 Å². The van der Waals surface area contributed by atoms with Gasteiger partial charge in [-0.1, -0.05) is 72.4 Å². The van der Waals surface area contributed by atoms with Gasteiger partial charge in [0.1, 0.15) is 0 Å². The fourth-order valence-electron chi connectivity index (χ4n) is 3.38. The first-order valence-electron chi connectivity index (χ1n) is 10.5. The molecule has 0 spiro atoms. The van der Waals surface area contributed by atoms with Crippen molar-refractivity contribution in [1.29, 1.82) is 0 Å². The Morgan fingerprint density at radius 1 is 0.970 bits per heavy atom. The van der Waals surface area contributed by atoms with E-state index in [9.17, 15) is 13.2 Å². The molecule has 11 heteroatoms. The summed E-state index contributed by atoms with van der Waals surface area (Å²) in [6, 6.07) is 19.1. The summed E-state index contributed by atoms with van der Waals surface area (Å²) in [6.07, 6.45) is 1.59. The highest BCUT2D eigenvalue weighted by molar-refractivity contribution is 7.99. The second kappa shape index (κ2) is 10.7. The number of amides is 1. The Morgan fingerprint density at radius 3 is 2.33 bits per heavy atom. The number of carbonyl (C=O) groups excluding carboxylic acids is 1. The van der Waals surface area contributed by atoms with Crippen molar-refractivity contribution in [2.75, 3.05) is 31.9 Å². The van der Waals surface area contributed by atoms with Gasteiger partial charge in [0.15, 0.2) is 0 Å². The molecule has 2 heterocycles. The molecule has 1 aliphatic rings. The lowest BCUT2D eigenvalue weighted by Crippen LogP contribution is -2.50. The van der Waals surface area contributed by atoms with Gasteiger partial charge in [0.2, 0.25) is 21.1 Å². The highest BCUT2D eigenvalue weighted by Crippen LogP contribution is 2.17. The molecule has 172 valence electrons. The molecule has 2 aromatic carbocycles. The van der Waals surface area contributed by atoms with E-state index in [1.54, 1.807) is 15.7 Å². The summed E-state index contributed by atoms with van der Waals surface area (Å²) in [5.41, 5.74) is 1.89. The van der Waals surface area contributed by atoms with Crippen LogP contribution in [0.1, 0.15) is 11.1 Å². The number of piperazine rings is 1. The summed E-state index contributed by atoms with van der Waals surface area (Å²) in [4.78, 5) is 14.4. The highest BCUT2D eigenvalue weighted by Gasteiger charge is 2.27. The number of benzene rings is 2. The number of hydrogen-bond donors (Lipinski definition) is 0. The molecule has 1 fully saturated rings. The molecule has 4 rings (SSSR count). The normalized spacial score (nSPS) is 15.2. The van der Waals surface area contributed by atoms with Crippen LogP contribution in [-0.2, 0) is 21.4 Å². The molecule has 33 heavy (non-hydrogen) atoms. The molecule has 1 amide bonds. The van der Waals surface area contributed by atoms with Crippen molar-refractivity contribution in [2.45, 2.75) is 11.7 Å². The van der Waals surface area contributed by atoms with Gasteiger partial charge in [0.25, 0.3) is 0 Å². The van der Waals surface area contributed by atoms with E-state index in [0.29, 0.717) is 24.8 Å². The zero-order valence-corrected chi connectivity index (χ0v) is 19.5. The van der Waals surface area contributed by atoms with Crippen LogP contribution in [0, 0.1) is 0 Å². The molecule has 3 aromatic rings. The topological polar surface area (TPSA) is 101 Å². The summed E-state index contributed by atoms with van der Waals surface area (Å²) in [7, 11) is -3.53. The lowest BCUT2D eigenvalue weighted by atomic mass is 10.2. The first-order chi connectivity index (χ1) is 16.0. The number of nitrogens with zero attached hydrogens (tertiary/aromatic N) is 6. The van der Waals surface area contributed by atoms with Gasteiger partial charge in [-0.25, -0.2) is 13.1 Å². The molecule has 1 aromatic heterocycles. The van der Waals surface area contributed by atoms with Crippen LogP contribution in [0.25, 0.3) is 6.08 Å². The maximum absolute atomic E-state index is 12.7. The average molecular weight is 485 g/mol. The number of thioether (sulfide) groups is 1. The summed E-state index contributed by atoms with van der Waals surface area (Å²) < 4.78 is 28.3. The second-order valence-electron chi connectivity index (χ2n) is 7.43. The fraction of sp³-hybridized carbons (Fsp3) is 0.273. The van der Waals surface area contributed by atoms with E-state index in [1.807, 2.05) is 60.7 Å². The minimum atomic E-state index is -3.53. The third-order valence-corrected chi connectivity index (χ3v) is 7.69. The molecule has 0 atom stereocenters. The number of hydrogen-bond acceptors (Lipinski definition) is 7. The van der Waals surface area contributed by atoms with Gasteiger partial charge in [-0.15, -0.1) is 5.10 Å². The minimum Gasteiger partial charge on any atom is -0.339 e. The van der Waals surface area contributed by atoms with Crippen molar-refractivity contribution in [3.63, 3.8) is 0 Å². The zero-order valence-electron chi connectivity index (χ0n) is 17.9. The van der Waals surface area contributed by atoms with Crippen molar-refractivity contribution < 1.29 is 13.2 Å². The molecule has 1 saturated heterocycles. The second-order valence-corrected chi connectivity index (χ2v) is 10.2. The number of tetrazole rings is 1. The van der Waals surface area contributed by atoms with Crippen LogP contribution in [0.2, 0.25) is 0 Å². The Balaban J connectivity index is 1.27. The number of carbonyl (C=O) groups is 1. The van der Waals surface area contributed by atoms with E-state index in [-0.39, 0.29) is 24.7 Å². The smallest absolute Gasteiger partial charge is 0.236 e. The quantitative estimate of drug-likeness (QED) is 0.451. The molecular weight excluding hydrogens is 460 g/mol. The van der Waals surface area contributed by atoms with Crippen molar-refractivity contribution >= 4 is 33.8 Å². The number of sulfonamides is 1.